The van der Waals surface area contributed by atoms with E-state index in [-0.39, 0.29) is 0 Å². The van der Waals surface area contributed by atoms with Gasteiger partial charge in [0.05, 0.1) is 0 Å². The maximum atomic E-state index is 3.80. The van der Waals surface area contributed by atoms with Gasteiger partial charge in [-0.25, -0.2) is 0 Å². The Morgan fingerprint density at radius 2 is 1.81 bits per heavy atom. The lowest BCUT2D eigenvalue weighted by Crippen LogP contribution is -2.00. The predicted molar refractivity (Wildman–Crippen MR) is 74.2 cm³/mol. The molecular formula is C15H21Br. The third kappa shape index (κ3) is 3.62. The van der Waals surface area contributed by atoms with Crippen LogP contribution in [0.25, 0.3) is 0 Å². The summed E-state index contributed by atoms with van der Waals surface area (Å²) in [5, 5.41) is 0. The molecule has 88 valence electrons. The van der Waals surface area contributed by atoms with Gasteiger partial charge in [0.2, 0.25) is 0 Å². The first kappa shape index (κ1) is 12.2. The van der Waals surface area contributed by atoms with Crippen LogP contribution in [0.2, 0.25) is 0 Å². The highest BCUT2D eigenvalue weighted by atomic mass is 79.9. The monoisotopic (exact) mass is 280 g/mol. The molecule has 0 spiro atoms. The molecule has 0 aromatic heterocycles. The number of aryl methyl sites for hydroxylation is 2. The molecule has 1 atom stereocenters. The fourth-order valence-electron chi connectivity index (χ4n) is 2.14. The van der Waals surface area contributed by atoms with E-state index < -0.39 is 0 Å². The Labute approximate surface area is 108 Å². The van der Waals surface area contributed by atoms with Crippen LogP contribution in [0.15, 0.2) is 24.3 Å². The second-order valence-electron chi connectivity index (χ2n) is 4.92. The highest BCUT2D eigenvalue weighted by molar-refractivity contribution is 9.09. The molecular weight excluding hydrogens is 260 g/mol. The van der Waals surface area contributed by atoms with Gasteiger partial charge < -0.3 is 0 Å². The van der Waals surface area contributed by atoms with Crippen molar-refractivity contribution in [2.24, 2.45) is 5.92 Å². The smallest absolute Gasteiger partial charge is 0.0174 e. The summed E-state index contributed by atoms with van der Waals surface area (Å²) in [6, 6.07) is 9.11. The van der Waals surface area contributed by atoms with Gasteiger partial charge in [0.1, 0.15) is 0 Å². The van der Waals surface area contributed by atoms with Crippen molar-refractivity contribution >= 4 is 15.9 Å². The lowest BCUT2D eigenvalue weighted by molar-refractivity contribution is 0.653. The summed E-state index contributed by atoms with van der Waals surface area (Å²) in [5.74, 6) is 0.988. The van der Waals surface area contributed by atoms with E-state index in [9.17, 15) is 0 Å². The van der Waals surface area contributed by atoms with Crippen LogP contribution >= 0.6 is 15.9 Å². The average molecular weight is 281 g/mol. The van der Waals surface area contributed by atoms with Crippen molar-refractivity contribution in [1.29, 1.82) is 0 Å². The first-order chi connectivity index (χ1) is 7.79. The van der Waals surface area contributed by atoms with Gasteiger partial charge in [-0.3, -0.25) is 0 Å². The van der Waals surface area contributed by atoms with Gasteiger partial charge >= 0.3 is 0 Å². The van der Waals surface area contributed by atoms with Gasteiger partial charge in [-0.1, -0.05) is 47.1 Å². The Morgan fingerprint density at radius 3 is 2.38 bits per heavy atom. The van der Waals surface area contributed by atoms with Gasteiger partial charge in [-0.05, 0) is 55.6 Å². The lowest BCUT2D eigenvalue weighted by atomic mass is 10.0. The third-order valence-electron chi connectivity index (χ3n) is 3.51. The molecule has 0 heterocycles. The number of halogens is 1. The van der Waals surface area contributed by atoms with Crippen LogP contribution in [0.5, 0.6) is 0 Å². The van der Waals surface area contributed by atoms with Crippen molar-refractivity contribution in [3.05, 3.63) is 35.4 Å². The van der Waals surface area contributed by atoms with Crippen molar-refractivity contribution in [2.45, 2.75) is 50.3 Å². The number of hydrogen-bond acceptors (Lipinski definition) is 0. The van der Waals surface area contributed by atoms with Gasteiger partial charge in [0, 0.05) is 4.83 Å². The molecule has 1 fully saturated rings. The SMILES string of the molecule is CCc1ccc(CCCC(Br)C2CC2)cc1. The summed E-state index contributed by atoms with van der Waals surface area (Å²) in [7, 11) is 0. The van der Waals surface area contributed by atoms with Gasteiger partial charge in [0.15, 0.2) is 0 Å². The van der Waals surface area contributed by atoms with E-state index in [2.05, 4.69) is 47.1 Å². The Kier molecular flexibility index (Phi) is 4.45. The van der Waals surface area contributed by atoms with Crippen LogP contribution in [0.3, 0.4) is 0 Å². The molecule has 1 aliphatic carbocycles. The molecule has 1 aromatic carbocycles. The minimum absolute atomic E-state index is 0.780. The van der Waals surface area contributed by atoms with Crippen LogP contribution in [0.1, 0.15) is 43.7 Å². The van der Waals surface area contributed by atoms with Gasteiger partial charge in [-0.15, -0.1) is 0 Å². The fraction of sp³-hybridized carbons (Fsp3) is 0.600. The molecule has 2 rings (SSSR count). The molecule has 0 N–H and O–H groups in total. The van der Waals surface area contributed by atoms with Gasteiger partial charge in [-0.2, -0.15) is 0 Å². The molecule has 1 aromatic rings. The van der Waals surface area contributed by atoms with E-state index in [1.807, 2.05) is 0 Å². The molecule has 0 aliphatic heterocycles. The zero-order valence-electron chi connectivity index (χ0n) is 10.1. The van der Waals surface area contributed by atoms with E-state index in [0.717, 1.165) is 17.2 Å². The number of hydrogen-bond donors (Lipinski definition) is 0. The van der Waals surface area contributed by atoms with E-state index in [1.165, 1.54) is 43.2 Å². The van der Waals surface area contributed by atoms with E-state index in [1.54, 1.807) is 0 Å². The van der Waals surface area contributed by atoms with Crippen molar-refractivity contribution in [3.8, 4) is 0 Å². The van der Waals surface area contributed by atoms with Crippen LogP contribution in [-0.4, -0.2) is 4.83 Å². The zero-order chi connectivity index (χ0) is 11.4. The third-order valence-corrected chi connectivity index (χ3v) is 4.72. The predicted octanol–water partition coefficient (Wildman–Crippen LogP) is 4.75. The van der Waals surface area contributed by atoms with Crippen LogP contribution in [-0.2, 0) is 12.8 Å². The Morgan fingerprint density at radius 1 is 1.19 bits per heavy atom. The highest BCUT2D eigenvalue weighted by Gasteiger charge is 2.28. The molecule has 0 amide bonds. The molecule has 0 nitrogen and oxygen atoms in total. The quantitative estimate of drug-likeness (QED) is 0.660. The molecule has 0 saturated heterocycles. The summed E-state index contributed by atoms with van der Waals surface area (Å²) < 4.78 is 0. The summed E-state index contributed by atoms with van der Waals surface area (Å²) in [4.78, 5) is 0.780. The molecule has 1 aliphatic rings. The van der Waals surface area contributed by atoms with Gasteiger partial charge in [0.25, 0.3) is 0 Å². The van der Waals surface area contributed by atoms with E-state index in [0.29, 0.717) is 0 Å². The van der Waals surface area contributed by atoms with Crippen LogP contribution < -0.4 is 0 Å². The summed E-state index contributed by atoms with van der Waals surface area (Å²) >= 11 is 3.80. The van der Waals surface area contributed by atoms with Crippen molar-refractivity contribution in [2.75, 3.05) is 0 Å². The Hall–Kier alpha value is -0.300. The van der Waals surface area contributed by atoms with E-state index in [4.69, 9.17) is 0 Å². The summed E-state index contributed by atoms with van der Waals surface area (Å²) in [5.41, 5.74) is 2.94. The minimum atomic E-state index is 0.780. The summed E-state index contributed by atoms with van der Waals surface area (Å²) in [6.45, 7) is 2.21. The normalized spacial score (nSPS) is 17.4. The molecule has 1 saturated carbocycles. The average Bonchev–Trinajstić information content (AvgIpc) is 3.14. The fourth-order valence-corrected chi connectivity index (χ4v) is 2.99. The van der Waals surface area contributed by atoms with E-state index >= 15 is 0 Å². The number of alkyl halides is 1. The lowest BCUT2D eigenvalue weighted by Gasteiger charge is -2.08. The molecule has 1 unspecified atom stereocenters. The largest absolute Gasteiger partial charge is 0.0888 e. The van der Waals surface area contributed by atoms with Crippen LogP contribution in [0, 0.1) is 5.92 Å². The van der Waals surface area contributed by atoms with Crippen molar-refractivity contribution < 1.29 is 0 Å². The molecule has 1 heteroatoms. The first-order valence-electron chi connectivity index (χ1n) is 6.51. The second kappa shape index (κ2) is 5.86. The Balaban J connectivity index is 1.71. The standard InChI is InChI=1S/C15H21Br/c1-2-12-6-8-13(9-7-12)4-3-5-15(16)14-10-11-14/h6-9,14-15H,2-5,10-11H2,1H3. The minimum Gasteiger partial charge on any atom is -0.0888 e. The van der Waals surface area contributed by atoms with Crippen molar-refractivity contribution in [3.63, 3.8) is 0 Å². The number of rotatable bonds is 6. The molecule has 0 radical (unpaired) electrons. The maximum absolute atomic E-state index is 3.80. The maximum Gasteiger partial charge on any atom is 0.0174 e. The second-order valence-corrected chi connectivity index (χ2v) is 6.09. The topological polar surface area (TPSA) is 0 Å². The first-order valence-corrected chi connectivity index (χ1v) is 7.43. The van der Waals surface area contributed by atoms with Crippen molar-refractivity contribution in [1.82, 2.24) is 0 Å². The number of benzene rings is 1. The zero-order valence-corrected chi connectivity index (χ0v) is 11.7. The van der Waals surface area contributed by atoms with Crippen LogP contribution in [0.4, 0.5) is 0 Å². The molecule has 0 bridgehead atoms. The Bertz CT molecular complexity index is 311. The highest BCUT2D eigenvalue weighted by Crippen LogP contribution is 2.38. The summed E-state index contributed by atoms with van der Waals surface area (Å²) in [6.07, 6.45) is 7.92. The molecule has 16 heavy (non-hydrogen) atoms.